The van der Waals surface area contributed by atoms with Crippen LogP contribution in [-0.4, -0.2) is 27.8 Å². The maximum absolute atomic E-state index is 12.2. The highest BCUT2D eigenvalue weighted by Crippen LogP contribution is 2.12. The third-order valence-corrected chi connectivity index (χ3v) is 4.24. The second kappa shape index (κ2) is 7.44. The van der Waals surface area contributed by atoms with Crippen molar-refractivity contribution in [2.45, 2.75) is 6.54 Å². The van der Waals surface area contributed by atoms with Gasteiger partial charge in [0.2, 0.25) is 5.91 Å². The molecule has 3 aromatic rings. The molecule has 1 amide bonds. The Kier molecular flexibility index (Phi) is 5.09. The minimum atomic E-state index is -0.202. The van der Waals surface area contributed by atoms with E-state index >= 15 is 0 Å². The summed E-state index contributed by atoms with van der Waals surface area (Å²) in [7, 11) is 1.67. The van der Waals surface area contributed by atoms with Crippen LogP contribution in [0.5, 0.6) is 0 Å². The molecule has 1 heterocycles. The van der Waals surface area contributed by atoms with E-state index in [2.05, 4.69) is 25.9 Å². The van der Waals surface area contributed by atoms with Gasteiger partial charge in [-0.1, -0.05) is 40.2 Å². The van der Waals surface area contributed by atoms with Gasteiger partial charge in [0.1, 0.15) is 5.82 Å². The summed E-state index contributed by atoms with van der Waals surface area (Å²) in [6.07, 6.45) is 3.25. The van der Waals surface area contributed by atoms with E-state index in [1.807, 2.05) is 30.3 Å². The summed E-state index contributed by atoms with van der Waals surface area (Å²) in [6, 6.07) is 14.8. The van der Waals surface area contributed by atoms with Gasteiger partial charge in [0.05, 0.1) is 17.4 Å². The van der Waals surface area contributed by atoms with E-state index in [0.29, 0.717) is 16.7 Å². The molecule has 2 aromatic carbocycles. The third-order valence-electron chi connectivity index (χ3n) is 3.71. The predicted molar refractivity (Wildman–Crippen MR) is 102 cm³/mol. The van der Waals surface area contributed by atoms with Gasteiger partial charge in [-0.25, -0.2) is 4.98 Å². The van der Waals surface area contributed by atoms with Crippen LogP contribution in [0.1, 0.15) is 11.4 Å². The van der Waals surface area contributed by atoms with Crippen molar-refractivity contribution in [3.8, 4) is 0 Å². The lowest BCUT2D eigenvalue weighted by molar-refractivity contribution is -0.125. The average Bonchev–Trinajstić information content (AvgIpc) is 2.61. The number of aromatic nitrogens is 2. The highest BCUT2D eigenvalue weighted by atomic mass is 79.9. The fourth-order valence-electron chi connectivity index (χ4n) is 2.38. The van der Waals surface area contributed by atoms with Crippen LogP contribution >= 0.6 is 15.9 Å². The van der Waals surface area contributed by atoms with Gasteiger partial charge in [-0.05, 0) is 35.9 Å². The van der Waals surface area contributed by atoms with Crippen LogP contribution < -0.4 is 5.56 Å². The maximum atomic E-state index is 12.2. The van der Waals surface area contributed by atoms with Gasteiger partial charge in [-0.15, -0.1) is 0 Å². The highest BCUT2D eigenvalue weighted by molar-refractivity contribution is 9.10. The van der Waals surface area contributed by atoms with E-state index in [9.17, 15) is 9.59 Å². The van der Waals surface area contributed by atoms with E-state index < -0.39 is 0 Å². The molecule has 0 saturated carbocycles. The summed E-state index contributed by atoms with van der Waals surface area (Å²) in [5.41, 5.74) is 1.35. The van der Waals surface area contributed by atoms with Crippen molar-refractivity contribution in [3.05, 3.63) is 80.8 Å². The number of rotatable bonds is 4. The SMILES string of the molecule is CN(Cc1nc2ccccc2c(=O)[nH]1)C(=O)C=Cc1ccc(Br)cc1. The van der Waals surface area contributed by atoms with Crippen LogP contribution in [0, 0.1) is 0 Å². The van der Waals surface area contributed by atoms with E-state index in [1.165, 1.54) is 11.0 Å². The number of likely N-dealkylation sites (N-methyl/N-ethyl adjacent to an activating group) is 1. The molecule has 0 unspecified atom stereocenters. The Hall–Kier alpha value is -2.73. The fourth-order valence-corrected chi connectivity index (χ4v) is 2.65. The van der Waals surface area contributed by atoms with Crippen molar-refractivity contribution in [1.29, 1.82) is 0 Å². The predicted octanol–water partition coefficient (Wildman–Crippen LogP) is 3.36. The Morgan fingerprint density at radius 1 is 1.20 bits per heavy atom. The van der Waals surface area contributed by atoms with Crippen LogP contribution in [0.3, 0.4) is 0 Å². The zero-order chi connectivity index (χ0) is 17.8. The molecule has 0 aliphatic heterocycles. The van der Waals surface area contributed by atoms with Crippen LogP contribution in [0.4, 0.5) is 0 Å². The van der Waals surface area contributed by atoms with Gasteiger partial charge in [-0.3, -0.25) is 9.59 Å². The van der Waals surface area contributed by atoms with Crippen molar-refractivity contribution in [3.63, 3.8) is 0 Å². The standard InChI is InChI=1S/C19H16BrN3O2/c1-23(18(24)11-8-13-6-9-14(20)10-7-13)12-17-21-16-5-3-2-4-15(16)19(25)22-17/h2-11H,12H2,1H3,(H,21,22,25). The molecular weight excluding hydrogens is 382 g/mol. The number of carbonyl (C=O) groups excluding carboxylic acids is 1. The molecule has 0 aliphatic rings. The molecule has 1 N–H and O–H groups in total. The average molecular weight is 398 g/mol. The quantitative estimate of drug-likeness (QED) is 0.686. The van der Waals surface area contributed by atoms with Crippen LogP contribution in [0.15, 0.2) is 63.9 Å². The van der Waals surface area contributed by atoms with Crippen molar-refractivity contribution in [1.82, 2.24) is 14.9 Å². The monoisotopic (exact) mass is 397 g/mol. The lowest BCUT2D eigenvalue weighted by atomic mass is 10.2. The first-order valence-corrected chi connectivity index (χ1v) is 8.49. The van der Waals surface area contributed by atoms with Gasteiger partial charge in [-0.2, -0.15) is 0 Å². The molecule has 0 radical (unpaired) electrons. The van der Waals surface area contributed by atoms with Gasteiger partial charge in [0.25, 0.3) is 5.56 Å². The molecule has 0 fully saturated rings. The zero-order valence-electron chi connectivity index (χ0n) is 13.6. The number of fused-ring (bicyclic) bond motifs is 1. The molecule has 6 heteroatoms. The molecule has 126 valence electrons. The van der Waals surface area contributed by atoms with Gasteiger partial charge >= 0.3 is 0 Å². The fraction of sp³-hybridized carbons (Fsp3) is 0.105. The molecular formula is C19H16BrN3O2. The number of nitrogens with zero attached hydrogens (tertiary/aromatic N) is 2. The van der Waals surface area contributed by atoms with E-state index in [0.717, 1.165) is 10.0 Å². The number of carbonyl (C=O) groups is 1. The molecule has 0 aliphatic carbocycles. The first kappa shape index (κ1) is 17.1. The van der Waals surface area contributed by atoms with Crippen LogP contribution in [-0.2, 0) is 11.3 Å². The van der Waals surface area contributed by atoms with Gasteiger partial charge in [0.15, 0.2) is 0 Å². The number of para-hydroxylation sites is 1. The topological polar surface area (TPSA) is 66.1 Å². The van der Waals surface area contributed by atoms with Crippen molar-refractivity contribution >= 4 is 38.8 Å². The Balaban J connectivity index is 1.73. The molecule has 0 spiro atoms. The Morgan fingerprint density at radius 2 is 1.92 bits per heavy atom. The van der Waals surface area contributed by atoms with Crippen LogP contribution in [0.25, 0.3) is 17.0 Å². The zero-order valence-corrected chi connectivity index (χ0v) is 15.2. The molecule has 0 saturated heterocycles. The first-order chi connectivity index (χ1) is 12.0. The van der Waals surface area contributed by atoms with Crippen LogP contribution in [0.2, 0.25) is 0 Å². The summed E-state index contributed by atoms with van der Waals surface area (Å²) < 4.78 is 0.986. The molecule has 1 aromatic heterocycles. The summed E-state index contributed by atoms with van der Waals surface area (Å²) in [5, 5.41) is 0.537. The first-order valence-electron chi connectivity index (χ1n) is 7.69. The number of H-pyrrole nitrogens is 1. The number of benzene rings is 2. The number of halogens is 1. The van der Waals surface area contributed by atoms with Crippen molar-refractivity contribution in [2.24, 2.45) is 0 Å². The summed E-state index contributed by atoms with van der Waals surface area (Å²) >= 11 is 3.37. The van der Waals surface area contributed by atoms with E-state index in [4.69, 9.17) is 0 Å². The Labute approximate surface area is 153 Å². The minimum Gasteiger partial charge on any atom is -0.335 e. The van der Waals surface area contributed by atoms with E-state index in [-0.39, 0.29) is 18.0 Å². The number of nitrogens with one attached hydrogen (secondary N) is 1. The maximum Gasteiger partial charge on any atom is 0.258 e. The lowest BCUT2D eigenvalue weighted by Crippen LogP contribution is -2.26. The highest BCUT2D eigenvalue weighted by Gasteiger charge is 2.09. The summed E-state index contributed by atoms with van der Waals surface area (Å²) in [6.45, 7) is 0.226. The summed E-state index contributed by atoms with van der Waals surface area (Å²) in [5.74, 6) is 0.287. The molecule has 0 bridgehead atoms. The van der Waals surface area contributed by atoms with Gasteiger partial charge in [0, 0.05) is 17.6 Å². The molecule has 25 heavy (non-hydrogen) atoms. The Morgan fingerprint density at radius 3 is 2.68 bits per heavy atom. The third kappa shape index (κ3) is 4.22. The normalized spacial score (nSPS) is 11.1. The molecule has 3 rings (SSSR count). The van der Waals surface area contributed by atoms with Crippen molar-refractivity contribution < 1.29 is 4.79 Å². The minimum absolute atomic E-state index is 0.168. The largest absolute Gasteiger partial charge is 0.335 e. The number of amides is 1. The van der Waals surface area contributed by atoms with E-state index in [1.54, 1.807) is 31.3 Å². The van der Waals surface area contributed by atoms with Crippen molar-refractivity contribution in [2.75, 3.05) is 7.05 Å². The number of hydrogen-bond donors (Lipinski definition) is 1. The summed E-state index contributed by atoms with van der Waals surface area (Å²) in [4.78, 5) is 33.0. The molecule has 0 atom stereocenters. The Bertz CT molecular complexity index is 993. The lowest BCUT2D eigenvalue weighted by Gasteiger charge is -2.14. The second-order valence-corrected chi connectivity index (χ2v) is 6.52. The number of aromatic amines is 1. The number of hydrogen-bond acceptors (Lipinski definition) is 3. The van der Waals surface area contributed by atoms with Gasteiger partial charge < -0.3 is 9.88 Å². The molecule has 5 nitrogen and oxygen atoms in total. The smallest absolute Gasteiger partial charge is 0.258 e. The second-order valence-electron chi connectivity index (χ2n) is 5.61.